The van der Waals surface area contributed by atoms with Crippen LogP contribution in [0.5, 0.6) is 0 Å². The van der Waals surface area contributed by atoms with Crippen LogP contribution >= 0.6 is 0 Å². The van der Waals surface area contributed by atoms with Crippen molar-refractivity contribution in [2.24, 2.45) is 5.92 Å². The molecule has 1 saturated heterocycles. The van der Waals surface area contributed by atoms with E-state index in [-0.39, 0.29) is 11.7 Å². The number of benzene rings is 2. The number of carbonyl (C=O) groups excluding carboxylic acids is 2. The minimum absolute atomic E-state index is 0.169. The summed E-state index contributed by atoms with van der Waals surface area (Å²) in [4.78, 5) is 48.5. The van der Waals surface area contributed by atoms with Crippen LogP contribution in [0.25, 0.3) is 0 Å². The highest BCUT2D eigenvalue weighted by atomic mass is 16.4. The number of hydrogen-bond acceptors (Lipinski definition) is 5. The Hall–Kier alpha value is -3.78. The van der Waals surface area contributed by atoms with Gasteiger partial charge in [0.05, 0.1) is 6.54 Å². The Labute approximate surface area is 204 Å². The Morgan fingerprint density at radius 2 is 1.54 bits per heavy atom. The highest BCUT2D eigenvalue weighted by molar-refractivity contribution is 5.99. The molecule has 2 heterocycles. The SMILES string of the molecule is Cc1ccccc1C(=O)CN1CCC(CN2Cc3ccccc3C2=O)CC1.O=C(O)/C=C/C(=O)O. The summed E-state index contributed by atoms with van der Waals surface area (Å²) >= 11 is 0. The number of likely N-dealkylation sites (tertiary alicyclic amines) is 1. The highest BCUT2D eigenvalue weighted by Crippen LogP contribution is 2.26. The van der Waals surface area contributed by atoms with Gasteiger partial charge in [0.15, 0.2) is 5.78 Å². The van der Waals surface area contributed by atoms with Gasteiger partial charge in [0.1, 0.15) is 0 Å². The second-order valence-electron chi connectivity index (χ2n) is 8.81. The average molecular weight is 479 g/mol. The molecule has 0 bridgehead atoms. The first-order chi connectivity index (χ1) is 16.7. The maximum atomic E-state index is 12.6. The molecule has 2 aromatic rings. The van der Waals surface area contributed by atoms with E-state index in [1.54, 1.807) is 0 Å². The highest BCUT2D eigenvalue weighted by Gasteiger charge is 2.30. The predicted molar refractivity (Wildman–Crippen MR) is 130 cm³/mol. The van der Waals surface area contributed by atoms with Crippen molar-refractivity contribution in [3.05, 3.63) is 82.9 Å². The van der Waals surface area contributed by atoms with Crippen LogP contribution in [0.15, 0.2) is 60.7 Å². The molecule has 0 saturated carbocycles. The number of amides is 1. The van der Waals surface area contributed by atoms with Crippen molar-refractivity contribution in [2.75, 3.05) is 26.2 Å². The summed E-state index contributed by atoms with van der Waals surface area (Å²) in [7, 11) is 0. The molecule has 35 heavy (non-hydrogen) atoms. The number of carbonyl (C=O) groups is 4. The molecular formula is C27H30N2O6. The first kappa shape index (κ1) is 25.8. The first-order valence-corrected chi connectivity index (χ1v) is 11.6. The molecule has 0 aromatic heterocycles. The van der Waals surface area contributed by atoms with Crippen LogP contribution in [0.4, 0.5) is 0 Å². The van der Waals surface area contributed by atoms with Crippen LogP contribution in [0.2, 0.25) is 0 Å². The van der Waals surface area contributed by atoms with Crippen LogP contribution in [0.1, 0.15) is 44.7 Å². The lowest BCUT2D eigenvalue weighted by Crippen LogP contribution is -2.41. The Kier molecular flexibility index (Phi) is 8.92. The maximum Gasteiger partial charge on any atom is 0.328 e. The van der Waals surface area contributed by atoms with Crippen molar-refractivity contribution in [2.45, 2.75) is 26.3 Å². The molecule has 1 fully saturated rings. The molecule has 2 aliphatic rings. The van der Waals surface area contributed by atoms with E-state index in [4.69, 9.17) is 10.2 Å². The third-order valence-corrected chi connectivity index (χ3v) is 6.26. The van der Waals surface area contributed by atoms with Gasteiger partial charge in [0.25, 0.3) is 5.91 Å². The van der Waals surface area contributed by atoms with Gasteiger partial charge in [-0.25, -0.2) is 9.59 Å². The lowest BCUT2D eigenvalue weighted by Gasteiger charge is -2.33. The van der Waals surface area contributed by atoms with E-state index in [9.17, 15) is 19.2 Å². The molecule has 1 amide bonds. The number of nitrogens with zero attached hydrogens (tertiary/aromatic N) is 2. The third-order valence-electron chi connectivity index (χ3n) is 6.26. The van der Waals surface area contributed by atoms with E-state index in [0.29, 0.717) is 24.6 Å². The topological polar surface area (TPSA) is 115 Å². The van der Waals surface area contributed by atoms with Gasteiger partial charge >= 0.3 is 11.9 Å². The number of hydrogen-bond donors (Lipinski definition) is 2. The summed E-state index contributed by atoms with van der Waals surface area (Å²) in [5.74, 6) is -1.62. The summed E-state index contributed by atoms with van der Waals surface area (Å²) in [6.07, 6.45) is 3.20. The molecule has 2 N–H and O–H groups in total. The molecule has 8 heteroatoms. The van der Waals surface area contributed by atoms with Crippen molar-refractivity contribution in [3.8, 4) is 0 Å². The predicted octanol–water partition coefficient (Wildman–Crippen LogP) is 3.26. The van der Waals surface area contributed by atoms with E-state index >= 15 is 0 Å². The van der Waals surface area contributed by atoms with Gasteiger partial charge in [-0.2, -0.15) is 0 Å². The molecule has 0 spiro atoms. The van der Waals surface area contributed by atoms with Crippen molar-refractivity contribution >= 4 is 23.6 Å². The summed E-state index contributed by atoms with van der Waals surface area (Å²) in [6, 6.07) is 15.7. The van der Waals surface area contributed by atoms with Gasteiger partial charge in [-0.1, -0.05) is 42.5 Å². The number of carboxylic acids is 2. The molecule has 184 valence electrons. The second kappa shape index (κ2) is 12.1. The second-order valence-corrected chi connectivity index (χ2v) is 8.81. The number of fused-ring (bicyclic) bond motifs is 1. The fourth-order valence-corrected chi connectivity index (χ4v) is 4.42. The molecule has 0 atom stereocenters. The largest absolute Gasteiger partial charge is 0.478 e. The zero-order valence-electron chi connectivity index (χ0n) is 19.7. The number of aryl methyl sites for hydroxylation is 1. The third kappa shape index (κ3) is 7.35. The van der Waals surface area contributed by atoms with Gasteiger partial charge in [0.2, 0.25) is 0 Å². The number of rotatable bonds is 7. The Bertz CT molecular complexity index is 1100. The lowest BCUT2D eigenvalue weighted by molar-refractivity contribution is -0.134. The zero-order chi connectivity index (χ0) is 25.4. The van der Waals surface area contributed by atoms with Crippen molar-refractivity contribution in [1.29, 1.82) is 0 Å². The number of ketones is 1. The Balaban J connectivity index is 0.000000371. The van der Waals surface area contributed by atoms with Crippen molar-refractivity contribution in [3.63, 3.8) is 0 Å². The van der Waals surface area contributed by atoms with Gasteiger partial charge in [-0.05, 0) is 56.0 Å². The maximum absolute atomic E-state index is 12.6. The van der Waals surface area contributed by atoms with E-state index in [1.165, 1.54) is 0 Å². The van der Waals surface area contributed by atoms with Gasteiger partial charge in [-0.3, -0.25) is 14.5 Å². The van der Waals surface area contributed by atoms with Gasteiger partial charge in [0, 0.05) is 36.4 Å². The molecule has 0 radical (unpaired) electrons. The van der Waals surface area contributed by atoms with E-state index in [1.807, 2.05) is 60.4 Å². The fourth-order valence-electron chi connectivity index (χ4n) is 4.42. The molecule has 2 aromatic carbocycles. The van der Waals surface area contributed by atoms with Gasteiger partial charge < -0.3 is 15.1 Å². The van der Waals surface area contributed by atoms with Gasteiger partial charge in [-0.15, -0.1) is 0 Å². The van der Waals surface area contributed by atoms with Crippen LogP contribution in [0.3, 0.4) is 0 Å². The Morgan fingerprint density at radius 1 is 0.943 bits per heavy atom. The molecule has 4 rings (SSSR count). The van der Waals surface area contributed by atoms with Crippen LogP contribution < -0.4 is 0 Å². The minimum atomic E-state index is -1.26. The standard InChI is InChI=1S/C23H26N2O2.C4H4O4/c1-17-6-2-4-8-20(17)22(26)16-24-12-10-18(11-13-24)14-25-15-19-7-3-5-9-21(19)23(25)27;5-3(6)1-2-4(7)8/h2-9,18H,10-16H2,1H3;1-2H,(H,5,6)(H,7,8)/b;2-1+. The monoisotopic (exact) mass is 478 g/mol. The number of carboxylic acid groups (broad SMARTS) is 2. The quantitative estimate of drug-likeness (QED) is 0.464. The zero-order valence-corrected chi connectivity index (χ0v) is 19.7. The van der Waals surface area contributed by atoms with E-state index in [2.05, 4.69) is 4.90 Å². The number of aliphatic carboxylic acids is 2. The number of Topliss-reactive ketones (excluding diaryl/α,β-unsaturated/α-hetero) is 1. The average Bonchev–Trinajstić information content (AvgIpc) is 3.15. The van der Waals surface area contributed by atoms with Crippen molar-refractivity contribution < 1.29 is 29.4 Å². The Morgan fingerprint density at radius 3 is 2.14 bits per heavy atom. The summed E-state index contributed by atoms with van der Waals surface area (Å²) in [6.45, 7) is 5.90. The molecule has 2 aliphatic heterocycles. The molecule has 0 aliphatic carbocycles. The summed E-state index contributed by atoms with van der Waals surface area (Å²) in [5, 5.41) is 15.6. The minimum Gasteiger partial charge on any atom is -0.478 e. The van der Waals surface area contributed by atoms with Crippen LogP contribution in [0, 0.1) is 12.8 Å². The van der Waals surface area contributed by atoms with Crippen LogP contribution in [-0.4, -0.2) is 69.8 Å². The normalized spacial score (nSPS) is 16.0. The number of piperidine rings is 1. The first-order valence-electron chi connectivity index (χ1n) is 11.6. The van der Waals surface area contributed by atoms with Crippen molar-refractivity contribution in [1.82, 2.24) is 9.80 Å². The summed E-state index contributed by atoms with van der Waals surface area (Å²) in [5.41, 5.74) is 3.88. The molecule has 0 unspecified atom stereocenters. The van der Waals surface area contributed by atoms with Crippen LogP contribution in [-0.2, 0) is 16.1 Å². The summed E-state index contributed by atoms with van der Waals surface area (Å²) < 4.78 is 0. The smallest absolute Gasteiger partial charge is 0.328 e. The van der Waals surface area contributed by atoms with E-state index in [0.717, 1.165) is 61.3 Å². The molecule has 8 nitrogen and oxygen atoms in total. The molecular weight excluding hydrogens is 448 g/mol. The lowest BCUT2D eigenvalue weighted by atomic mass is 9.95. The fraction of sp³-hybridized carbons (Fsp3) is 0.333. The van der Waals surface area contributed by atoms with E-state index < -0.39 is 11.9 Å².